The van der Waals surface area contributed by atoms with Crippen LogP contribution < -0.4 is 15.0 Å². The Morgan fingerprint density at radius 1 is 1.14 bits per heavy atom. The number of aromatic nitrogens is 5. The molecule has 2 bridgehead atoms. The van der Waals surface area contributed by atoms with Gasteiger partial charge in [-0.1, -0.05) is 0 Å². The number of nitrogens with one attached hydrogen (secondary N) is 1. The summed E-state index contributed by atoms with van der Waals surface area (Å²) in [6.07, 6.45) is -0.811. The molecule has 0 amide bonds. The highest BCUT2D eigenvalue weighted by molar-refractivity contribution is 5.57. The van der Waals surface area contributed by atoms with Gasteiger partial charge in [0.1, 0.15) is 17.7 Å². The van der Waals surface area contributed by atoms with Gasteiger partial charge in [-0.15, -0.1) is 5.10 Å². The fraction of sp³-hybridized carbons (Fsp3) is 0.565. The van der Waals surface area contributed by atoms with Crippen LogP contribution in [-0.2, 0) is 5.60 Å². The van der Waals surface area contributed by atoms with Gasteiger partial charge in [0.05, 0.1) is 5.69 Å². The van der Waals surface area contributed by atoms with E-state index < -0.39 is 18.4 Å². The first-order valence-corrected chi connectivity index (χ1v) is 11.6. The summed E-state index contributed by atoms with van der Waals surface area (Å²) in [6, 6.07) is 5.00. The molecule has 3 aromatic rings. The van der Waals surface area contributed by atoms with Crippen LogP contribution in [0.25, 0.3) is 5.65 Å². The van der Waals surface area contributed by atoms with Gasteiger partial charge in [-0.3, -0.25) is 0 Å². The smallest absolute Gasteiger partial charge is 0.422 e. The molecule has 0 spiro atoms. The first kappa shape index (κ1) is 23.6. The minimum Gasteiger partial charge on any atom is -0.480 e. The third-order valence-electron chi connectivity index (χ3n) is 6.71. The Hall–Kier alpha value is -3.15. The van der Waals surface area contributed by atoms with Gasteiger partial charge >= 0.3 is 6.18 Å². The van der Waals surface area contributed by atoms with Crippen LogP contribution in [0.5, 0.6) is 5.75 Å². The molecule has 5 rings (SSSR count). The third-order valence-corrected chi connectivity index (χ3v) is 6.71. The molecular formula is C23H28F3N7O2. The normalized spacial score (nSPS) is 22.6. The lowest BCUT2D eigenvalue weighted by molar-refractivity contribution is -0.153. The molecular weight excluding hydrogens is 463 g/mol. The van der Waals surface area contributed by atoms with Gasteiger partial charge in [0.2, 0.25) is 5.95 Å². The van der Waals surface area contributed by atoms with Crippen molar-refractivity contribution in [2.24, 2.45) is 11.8 Å². The summed E-state index contributed by atoms with van der Waals surface area (Å²) < 4.78 is 44.6. The van der Waals surface area contributed by atoms with Crippen molar-refractivity contribution in [3.05, 3.63) is 35.9 Å². The van der Waals surface area contributed by atoms with Crippen LogP contribution in [0.2, 0.25) is 0 Å². The quantitative estimate of drug-likeness (QED) is 0.542. The first-order valence-electron chi connectivity index (χ1n) is 11.6. The third kappa shape index (κ3) is 4.84. The molecule has 9 nitrogen and oxygen atoms in total. The lowest BCUT2D eigenvalue weighted by Crippen LogP contribution is -2.48. The SMILES string of the molecule is Cc1cc(N2C[C@H]3CC[C@@H](C2)[C@@H]3Nc2nc3c(OCC(F)(F)F)ccc(C(C)(C)O)n3n2)ncn1. The Morgan fingerprint density at radius 2 is 1.86 bits per heavy atom. The zero-order valence-corrected chi connectivity index (χ0v) is 19.7. The van der Waals surface area contributed by atoms with Crippen molar-refractivity contribution in [1.29, 1.82) is 0 Å². The van der Waals surface area contributed by atoms with Crippen LogP contribution in [0.15, 0.2) is 24.5 Å². The summed E-state index contributed by atoms with van der Waals surface area (Å²) >= 11 is 0. The summed E-state index contributed by atoms with van der Waals surface area (Å²) in [4.78, 5) is 15.4. The molecule has 0 radical (unpaired) electrons. The number of aliphatic hydroxyl groups is 1. The van der Waals surface area contributed by atoms with Crippen molar-refractivity contribution < 1.29 is 23.0 Å². The molecule has 3 aromatic heterocycles. The number of alkyl halides is 3. The van der Waals surface area contributed by atoms with Crippen molar-refractivity contribution in [2.75, 3.05) is 29.9 Å². The van der Waals surface area contributed by atoms with Crippen LogP contribution in [0.1, 0.15) is 38.1 Å². The maximum Gasteiger partial charge on any atom is 0.422 e. The van der Waals surface area contributed by atoms with Crippen LogP contribution in [0.3, 0.4) is 0 Å². The molecule has 1 aliphatic heterocycles. The highest BCUT2D eigenvalue weighted by Crippen LogP contribution is 2.40. The highest BCUT2D eigenvalue weighted by atomic mass is 19.4. The van der Waals surface area contributed by atoms with Gasteiger partial charge < -0.3 is 20.1 Å². The number of ether oxygens (including phenoxy) is 1. The molecule has 1 aliphatic carbocycles. The van der Waals surface area contributed by atoms with Crippen LogP contribution in [0.4, 0.5) is 24.9 Å². The monoisotopic (exact) mass is 491 g/mol. The maximum atomic E-state index is 12.8. The predicted octanol–water partition coefficient (Wildman–Crippen LogP) is 3.32. The van der Waals surface area contributed by atoms with Crippen LogP contribution in [-0.4, -0.2) is 61.6 Å². The summed E-state index contributed by atoms with van der Waals surface area (Å²) in [5.74, 6) is 1.84. The number of hydrogen-bond acceptors (Lipinski definition) is 8. The standard InChI is InChI=1S/C23H28F3N7O2/c1-13-8-18(28-12-27-13)32-9-14-4-5-15(10-32)19(14)29-21-30-20-16(35-11-23(24,25)26)6-7-17(22(2,3)34)33(20)31-21/h6-8,12,14-15,19,34H,4-5,9-11H2,1-3H3,(H,29,31)/t14-,15+,19-. The van der Waals surface area contributed by atoms with E-state index in [4.69, 9.17) is 4.74 Å². The molecule has 0 aromatic carbocycles. The number of halogens is 3. The molecule has 188 valence electrons. The van der Waals surface area contributed by atoms with Crippen LogP contribution >= 0.6 is 0 Å². The van der Waals surface area contributed by atoms with E-state index in [-0.39, 0.29) is 17.4 Å². The Balaban J connectivity index is 1.40. The summed E-state index contributed by atoms with van der Waals surface area (Å²) in [5, 5.41) is 18.5. The number of pyridine rings is 1. The number of hydrogen-bond donors (Lipinski definition) is 2. The van der Waals surface area contributed by atoms with E-state index in [1.807, 2.05) is 13.0 Å². The van der Waals surface area contributed by atoms with E-state index in [1.54, 1.807) is 20.2 Å². The molecule has 3 atom stereocenters. The molecule has 0 unspecified atom stereocenters. The lowest BCUT2D eigenvalue weighted by Gasteiger charge is -2.38. The topological polar surface area (TPSA) is 101 Å². The van der Waals surface area contributed by atoms with Crippen molar-refractivity contribution in [3.63, 3.8) is 0 Å². The van der Waals surface area contributed by atoms with Crippen molar-refractivity contribution in [1.82, 2.24) is 24.6 Å². The molecule has 12 heteroatoms. The number of nitrogens with zero attached hydrogens (tertiary/aromatic N) is 6. The number of fused-ring (bicyclic) bond motifs is 3. The van der Waals surface area contributed by atoms with Gasteiger partial charge in [-0.25, -0.2) is 14.5 Å². The first-order chi connectivity index (χ1) is 16.5. The van der Waals surface area contributed by atoms with Crippen molar-refractivity contribution in [3.8, 4) is 5.75 Å². The average Bonchev–Trinajstić information content (AvgIpc) is 3.27. The number of anilines is 2. The largest absolute Gasteiger partial charge is 0.480 e. The lowest BCUT2D eigenvalue weighted by atomic mass is 9.92. The Morgan fingerprint density at radius 3 is 2.49 bits per heavy atom. The van der Waals surface area contributed by atoms with Gasteiger partial charge in [0.25, 0.3) is 0 Å². The Bertz CT molecular complexity index is 1210. The Kier molecular flexibility index (Phi) is 5.73. The van der Waals surface area contributed by atoms with E-state index in [0.29, 0.717) is 23.5 Å². The maximum absolute atomic E-state index is 12.8. The molecule has 1 saturated carbocycles. The molecule has 2 fully saturated rings. The van der Waals surface area contributed by atoms with Crippen LogP contribution in [0, 0.1) is 18.8 Å². The fourth-order valence-electron chi connectivity index (χ4n) is 5.14. The highest BCUT2D eigenvalue weighted by Gasteiger charge is 2.43. The number of rotatable bonds is 6. The van der Waals surface area contributed by atoms with E-state index >= 15 is 0 Å². The summed E-state index contributed by atoms with van der Waals surface area (Å²) in [6.45, 7) is 5.32. The molecule has 2 aliphatic rings. The molecule has 35 heavy (non-hydrogen) atoms. The predicted molar refractivity (Wildman–Crippen MR) is 122 cm³/mol. The van der Waals surface area contributed by atoms with E-state index in [1.165, 1.54) is 16.6 Å². The molecule has 1 saturated heterocycles. The average molecular weight is 492 g/mol. The van der Waals surface area contributed by atoms with E-state index in [9.17, 15) is 18.3 Å². The van der Waals surface area contributed by atoms with E-state index in [2.05, 4.69) is 30.3 Å². The van der Waals surface area contributed by atoms with Crippen molar-refractivity contribution in [2.45, 2.75) is 51.4 Å². The molecule has 4 heterocycles. The fourth-order valence-corrected chi connectivity index (χ4v) is 5.14. The van der Waals surface area contributed by atoms with Gasteiger partial charge in [-0.05, 0) is 57.6 Å². The zero-order chi connectivity index (χ0) is 25.0. The van der Waals surface area contributed by atoms with Gasteiger partial charge in [-0.2, -0.15) is 18.2 Å². The second-order valence-electron chi connectivity index (χ2n) is 9.91. The Labute approximate surface area is 200 Å². The molecule has 2 N–H and O–H groups in total. The summed E-state index contributed by atoms with van der Waals surface area (Å²) in [5.41, 5.74) is 0.149. The number of aryl methyl sites for hydroxylation is 1. The van der Waals surface area contributed by atoms with Gasteiger partial charge in [0.15, 0.2) is 18.0 Å². The zero-order valence-electron chi connectivity index (χ0n) is 19.7. The number of piperidine rings is 1. The van der Waals surface area contributed by atoms with Gasteiger partial charge in [0, 0.05) is 30.9 Å². The summed E-state index contributed by atoms with van der Waals surface area (Å²) in [7, 11) is 0. The minimum atomic E-state index is -4.48. The van der Waals surface area contributed by atoms with E-state index in [0.717, 1.165) is 37.4 Å². The second-order valence-corrected chi connectivity index (χ2v) is 9.91. The second kappa shape index (κ2) is 8.51. The van der Waals surface area contributed by atoms with Crippen molar-refractivity contribution >= 4 is 17.4 Å². The minimum absolute atomic E-state index is 0.0483.